The van der Waals surface area contributed by atoms with Gasteiger partial charge in [0.15, 0.2) is 6.73 Å². The number of anilines is 1. The second-order valence-electron chi connectivity index (χ2n) is 6.62. The van der Waals surface area contributed by atoms with E-state index < -0.39 is 0 Å². The Kier molecular flexibility index (Phi) is 6.28. The SMILES string of the molecule is CCOc1ccc(OCNC(=O)Nc2ccccc2C(C)(C)C)cc1. The Morgan fingerprint density at radius 1 is 0.960 bits per heavy atom. The zero-order chi connectivity index (χ0) is 18.3. The van der Waals surface area contributed by atoms with Crippen molar-refractivity contribution in [2.24, 2.45) is 0 Å². The number of rotatable bonds is 6. The molecule has 0 bridgehead atoms. The van der Waals surface area contributed by atoms with Gasteiger partial charge in [0.25, 0.3) is 0 Å². The first-order chi connectivity index (χ1) is 11.9. The van der Waals surface area contributed by atoms with E-state index in [1.807, 2.05) is 43.3 Å². The lowest BCUT2D eigenvalue weighted by Crippen LogP contribution is -2.32. The first-order valence-electron chi connectivity index (χ1n) is 8.40. The van der Waals surface area contributed by atoms with Crippen LogP contribution in [0.15, 0.2) is 48.5 Å². The summed E-state index contributed by atoms with van der Waals surface area (Å²) in [5, 5.41) is 5.57. The predicted molar refractivity (Wildman–Crippen MR) is 100 cm³/mol. The molecule has 25 heavy (non-hydrogen) atoms. The van der Waals surface area contributed by atoms with Gasteiger partial charge in [-0.1, -0.05) is 39.0 Å². The summed E-state index contributed by atoms with van der Waals surface area (Å²) in [5.74, 6) is 1.46. The molecule has 5 heteroatoms. The van der Waals surface area contributed by atoms with Crippen LogP contribution in [-0.4, -0.2) is 19.4 Å². The molecule has 0 saturated carbocycles. The van der Waals surface area contributed by atoms with E-state index in [2.05, 4.69) is 31.4 Å². The van der Waals surface area contributed by atoms with Crippen molar-refractivity contribution in [1.82, 2.24) is 5.32 Å². The molecule has 0 atom stereocenters. The zero-order valence-corrected chi connectivity index (χ0v) is 15.3. The fraction of sp³-hybridized carbons (Fsp3) is 0.350. The largest absolute Gasteiger partial charge is 0.494 e. The van der Waals surface area contributed by atoms with E-state index in [1.54, 1.807) is 12.1 Å². The molecule has 5 nitrogen and oxygen atoms in total. The number of carbonyl (C=O) groups is 1. The Morgan fingerprint density at radius 3 is 2.16 bits per heavy atom. The molecule has 0 aromatic heterocycles. The minimum absolute atomic E-state index is 0.0529. The smallest absolute Gasteiger partial charge is 0.321 e. The molecule has 0 fully saturated rings. The van der Waals surface area contributed by atoms with Crippen molar-refractivity contribution in [2.45, 2.75) is 33.1 Å². The van der Waals surface area contributed by atoms with Crippen LogP contribution in [0.5, 0.6) is 11.5 Å². The molecule has 2 amide bonds. The van der Waals surface area contributed by atoms with Crippen molar-refractivity contribution in [3.05, 3.63) is 54.1 Å². The minimum atomic E-state index is -0.303. The first kappa shape index (κ1) is 18.6. The van der Waals surface area contributed by atoms with Crippen LogP contribution in [0.3, 0.4) is 0 Å². The van der Waals surface area contributed by atoms with Crippen LogP contribution < -0.4 is 20.1 Å². The molecule has 0 aliphatic rings. The summed E-state index contributed by atoms with van der Waals surface area (Å²) in [4.78, 5) is 12.1. The fourth-order valence-corrected chi connectivity index (χ4v) is 2.40. The second-order valence-corrected chi connectivity index (χ2v) is 6.62. The molecule has 2 N–H and O–H groups in total. The van der Waals surface area contributed by atoms with Gasteiger partial charge >= 0.3 is 6.03 Å². The monoisotopic (exact) mass is 342 g/mol. The molecule has 0 saturated heterocycles. The Bertz CT molecular complexity index is 691. The normalized spacial score (nSPS) is 10.9. The van der Waals surface area contributed by atoms with E-state index in [0.29, 0.717) is 12.4 Å². The number of hydrogen-bond acceptors (Lipinski definition) is 3. The molecule has 0 spiro atoms. The third-order valence-corrected chi connectivity index (χ3v) is 3.59. The number of urea groups is 1. The molecule has 0 unspecified atom stereocenters. The molecule has 2 aromatic carbocycles. The summed E-state index contributed by atoms with van der Waals surface area (Å²) < 4.78 is 10.9. The Morgan fingerprint density at radius 2 is 1.56 bits per heavy atom. The maximum atomic E-state index is 12.1. The van der Waals surface area contributed by atoms with Gasteiger partial charge in [0, 0.05) is 5.69 Å². The van der Waals surface area contributed by atoms with Crippen molar-refractivity contribution in [2.75, 3.05) is 18.7 Å². The zero-order valence-electron chi connectivity index (χ0n) is 15.3. The number of nitrogens with one attached hydrogen (secondary N) is 2. The molecule has 0 radical (unpaired) electrons. The highest BCUT2D eigenvalue weighted by Crippen LogP contribution is 2.29. The summed E-state index contributed by atoms with van der Waals surface area (Å²) in [5.41, 5.74) is 1.83. The summed E-state index contributed by atoms with van der Waals surface area (Å²) in [6, 6.07) is 14.8. The van der Waals surface area contributed by atoms with Gasteiger partial charge in [-0.05, 0) is 48.2 Å². The summed E-state index contributed by atoms with van der Waals surface area (Å²) in [6.07, 6.45) is 0. The molecular weight excluding hydrogens is 316 g/mol. The van der Waals surface area contributed by atoms with Crippen molar-refractivity contribution >= 4 is 11.7 Å². The van der Waals surface area contributed by atoms with Crippen LogP contribution in [0.1, 0.15) is 33.3 Å². The molecule has 0 aliphatic carbocycles. The van der Waals surface area contributed by atoms with E-state index in [9.17, 15) is 4.79 Å². The van der Waals surface area contributed by atoms with Gasteiger partial charge in [-0.25, -0.2) is 4.79 Å². The second kappa shape index (κ2) is 8.42. The number of amides is 2. The van der Waals surface area contributed by atoms with Crippen molar-refractivity contribution in [1.29, 1.82) is 0 Å². The third kappa shape index (κ3) is 5.71. The van der Waals surface area contributed by atoms with Gasteiger partial charge in [-0.3, -0.25) is 0 Å². The number of benzene rings is 2. The molecule has 0 aliphatic heterocycles. The lowest BCUT2D eigenvalue weighted by molar-refractivity contribution is 0.234. The lowest BCUT2D eigenvalue weighted by Gasteiger charge is -2.23. The number of carbonyl (C=O) groups excluding carboxylic acids is 1. The maximum Gasteiger partial charge on any atom is 0.321 e. The van der Waals surface area contributed by atoms with E-state index in [0.717, 1.165) is 17.0 Å². The van der Waals surface area contributed by atoms with E-state index in [1.165, 1.54) is 0 Å². The number of hydrogen-bond donors (Lipinski definition) is 2. The van der Waals surface area contributed by atoms with Crippen LogP contribution in [0, 0.1) is 0 Å². The average molecular weight is 342 g/mol. The highest BCUT2D eigenvalue weighted by Gasteiger charge is 2.18. The van der Waals surface area contributed by atoms with Crippen LogP contribution in [0.25, 0.3) is 0 Å². The average Bonchev–Trinajstić information content (AvgIpc) is 2.56. The topological polar surface area (TPSA) is 59.6 Å². The van der Waals surface area contributed by atoms with E-state index >= 15 is 0 Å². The van der Waals surface area contributed by atoms with Gasteiger partial charge in [0.05, 0.1) is 6.61 Å². The van der Waals surface area contributed by atoms with Crippen LogP contribution in [-0.2, 0) is 5.41 Å². The summed E-state index contributed by atoms with van der Waals surface area (Å²) in [7, 11) is 0. The fourth-order valence-electron chi connectivity index (χ4n) is 2.40. The maximum absolute atomic E-state index is 12.1. The molecular formula is C20H26N2O3. The van der Waals surface area contributed by atoms with Crippen LogP contribution >= 0.6 is 0 Å². The van der Waals surface area contributed by atoms with Crippen LogP contribution in [0.4, 0.5) is 10.5 Å². The molecule has 2 aromatic rings. The van der Waals surface area contributed by atoms with Gasteiger partial charge in [0.2, 0.25) is 0 Å². The van der Waals surface area contributed by atoms with Crippen LogP contribution in [0.2, 0.25) is 0 Å². The van der Waals surface area contributed by atoms with Gasteiger partial charge in [-0.15, -0.1) is 0 Å². The van der Waals surface area contributed by atoms with Gasteiger partial charge in [-0.2, -0.15) is 0 Å². The Balaban J connectivity index is 1.85. The number of ether oxygens (including phenoxy) is 2. The lowest BCUT2D eigenvalue weighted by atomic mass is 9.86. The standard InChI is InChI=1S/C20H26N2O3/c1-5-24-15-10-12-16(13-11-15)25-14-21-19(23)22-18-9-7-6-8-17(18)20(2,3)4/h6-13H,5,14H2,1-4H3,(H2,21,22,23). The van der Waals surface area contributed by atoms with Crippen molar-refractivity contribution in [3.63, 3.8) is 0 Å². The Hall–Kier alpha value is -2.69. The quantitative estimate of drug-likeness (QED) is 0.758. The minimum Gasteiger partial charge on any atom is -0.494 e. The Labute approximate surface area is 149 Å². The molecule has 2 rings (SSSR count). The number of para-hydroxylation sites is 1. The van der Waals surface area contributed by atoms with Gasteiger partial charge < -0.3 is 20.1 Å². The third-order valence-electron chi connectivity index (χ3n) is 3.59. The van der Waals surface area contributed by atoms with Gasteiger partial charge in [0.1, 0.15) is 11.5 Å². The highest BCUT2D eigenvalue weighted by atomic mass is 16.5. The van der Waals surface area contributed by atoms with Crippen molar-refractivity contribution < 1.29 is 14.3 Å². The van der Waals surface area contributed by atoms with Crippen molar-refractivity contribution in [3.8, 4) is 11.5 Å². The first-order valence-corrected chi connectivity index (χ1v) is 8.40. The predicted octanol–water partition coefficient (Wildman–Crippen LogP) is 4.54. The highest BCUT2D eigenvalue weighted by molar-refractivity contribution is 5.90. The summed E-state index contributed by atoms with van der Waals surface area (Å²) in [6.45, 7) is 8.97. The molecule has 0 heterocycles. The van der Waals surface area contributed by atoms with E-state index in [4.69, 9.17) is 9.47 Å². The summed E-state index contributed by atoms with van der Waals surface area (Å²) >= 11 is 0. The van der Waals surface area contributed by atoms with E-state index in [-0.39, 0.29) is 18.2 Å². The molecule has 134 valence electrons.